The summed E-state index contributed by atoms with van der Waals surface area (Å²) >= 11 is 0. The Kier molecular flexibility index (Phi) is 10.3. The summed E-state index contributed by atoms with van der Waals surface area (Å²) < 4.78 is 53.5. The second-order valence-electron chi connectivity index (χ2n) is 18.8. The fourth-order valence-electron chi connectivity index (χ4n) is 12.2. The van der Waals surface area contributed by atoms with Gasteiger partial charge in [-0.15, -0.1) is 5.54 Å². The fourth-order valence-corrected chi connectivity index (χ4v) is 17.4. The predicted molar refractivity (Wildman–Crippen MR) is 235 cm³/mol. The number of pyridine rings is 1. The SMILES string of the molecule is C=C1CN2CC[C@@H](OC)C2(COc2nc3c4c(nc(-c5cccc6ccc(F)c(C#C[Si](C(C)C)(C(C)C)C(C)C)c56)c(F)c4n2)OC(C)C2C4CCC(CN32)N4C(=O)O)C1. The van der Waals surface area contributed by atoms with Gasteiger partial charge in [-0.2, -0.15) is 9.97 Å². The smallest absolute Gasteiger partial charge is 0.407 e. The van der Waals surface area contributed by atoms with E-state index in [-0.39, 0.29) is 52.8 Å². The standard InChI is InChI=1S/C47H56F2N6O5Si/c1-25(2)61(26(3)4,27(5)6)20-18-32-34(48)15-13-30-11-10-12-33(37(30)32)40-39(49)41-38-43(52-45(51-41)59-24-47-21-28(7)22-53(47)19-17-36(47)58-9)54-23-31-14-16-35(55(31)46(56)57)42(54)29(8)60-44(38)50-40/h10-13,15,25-27,29,31,35-36,42H,7,14,16-17,19,21-24H2,1-6,8-9H3,(H,56,57)/t29?,31?,35?,36-,42?,47?/m1/s1. The number of carboxylic acid groups (broad SMARTS) is 1. The highest BCUT2D eigenvalue weighted by Gasteiger charge is 2.55. The summed E-state index contributed by atoms with van der Waals surface area (Å²) in [6.45, 7) is 21.5. The van der Waals surface area contributed by atoms with E-state index in [1.54, 1.807) is 30.2 Å². The van der Waals surface area contributed by atoms with Gasteiger partial charge in [0.05, 0.1) is 35.3 Å². The number of nitrogens with zero attached hydrogens (tertiary/aromatic N) is 6. The fraction of sp³-hybridized carbons (Fsp3) is 0.532. The van der Waals surface area contributed by atoms with Crippen LogP contribution < -0.4 is 14.4 Å². The highest BCUT2D eigenvalue weighted by atomic mass is 28.3. The van der Waals surface area contributed by atoms with E-state index < -0.39 is 49.5 Å². The quantitative estimate of drug-likeness (QED) is 0.105. The lowest BCUT2D eigenvalue weighted by molar-refractivity contribution is -0.0119. The molecule has 4 aromatic rings. The van der Waals surface area contributed by atoms with E-state index >= 15 is 8.78 Å². The van der Waals surface area contributed by atoms with Crippen molar-refractivity contribution in [1.29, 1.82) is 0 Å². The topological polar surface area (TPSA) is 113 Å². The van der Waals surface area contributed by atoms with E-state index in [9.17, 15) is 9.90 Å². The van der Waals surface area contributed by atoms with Crippen molar-refractivity contribution in [3.8, 4) is 34.6 Å². The first-order valence-electron chi connectivity index (χ1n) is 21.8. The molecule has 0 radical (unpaired) electrons. The van der Waals surface area contributed by atoms with Gasteiger partial charge in [-0.05, 0) is 60.7 Å². The van der Waals surface area contributed by atoms with Gasteiger partial charge >= 0.3 is 12.1 Å². The summed E-state index contributed by atoms with van der Waals surface area (Å²) in [5.41, 5.74) is 5.69. The van der Waals surface area contributed by atoms with Crippen molar-refractivity contribution in [3.63, 3.8) is 0 Å². The molecular formula is C47H56F2N6O5Si. The van der Waals surface area contributed by atoms with Crippen molar-refractivity contribution >= 4 is 41.7 Å². The van der Waals surface area contributed by atoms with Crippen molar-refractivity contribution in [2.45, 2.75) is 127 Å². The maximum Gasteiger partial charge on any atom is 0.407 e. The van der Waals surface area contributed by atoms with Gasteiger partial charge in [0, 0.05) is 37.7 Å². The zero-order valence-electron chi connectivity index (χ0n) is 36.4. The number of benzene rings is 2. The summed E-state index contributed by atoms with van der Waals surface area (Å²) in [4.78, 5) is 33.4. The van der Waals surface area contributed by atoms with Crippen LogP contribution in [0, 0.1) is 23.1 Å². The summed E-state index contributed by atoms with van der Waals surface area (Å²) in [5.74, 6) is 2.63. The van der Waals surface area contributed by atoms with Gasteiger partial charge in [0.25, 0.3) is 0 Å². The molecule has 1 N–H and O–H groups in total. The molecule has 61 heavy (non-hydrogen) atoms. The summed E-state index contributed by atoms with van der Waals surface area (Å²) in [5, 5.41) is 11.8. The Balaban J connectivity index is 1.25. The third kappa shape index (κ3) is 6.31. The Morgan fingerprint density at radius 1 is 1.05 bits per heavy atom. The van der Waals surface area contributed by atoms with Crippen molar-refractivity contribution in [3.05, 3.63) is 59.7 Å². The van der Waals surface area contributed by atoms with E-state index in [4.69, 9.17) is 29.2 Å². The number of hydrogen-bond donors (Lipinski definition) is 1. The Bertz CT molecular complexity index is 2500. The maximum atomic E-state index is 17.9. The highest BCUT2D eigenvalue weighted by Crippen LogP contribution is 2.48. The van der Waals surface area contributed by atoms with Gasteiger partial charge in [-0.1, -0.05) is 83.9 Å². The molecule has 5 aliphatic heterocycles. The summed E-state index contributed by atoms with van der Waals surface area (Å²) in [6.07, 6.45) is 1.19. The number of aromatic nitrogens is 3. The minimum atomic E-state index is -2.30. The van der Waals surface area contributed by atoms with Crippen LogP contribution in [-0.2, 0) is 4.74 Å². The van der Waals surface area contributed by atoms with Crippen LogP contribution >= 0.6 is 0 Å². The van der Waals surface area contributed by atoms with Crippen molar-refractivity contribution in [2.75, 3.05) is 38.3 Å². The number of ether oxygens (including phenoxy) is 3. The van der Waals surface area contributed by atoms with Crippen LogP contribution in [0.1, 0.15) is 79.7 Å². The molecule has 4 fully saturated rings. The first kappa shape index (κ1) is 41.5. The molecule has 2 bridgehead atoms. The van der Waals surface area contributed by atoms with Crippen LogP contribution in [0.3, 0.4) is 0 Å². The molecule has 11 nitrogen and oxygen atoms in total. The first-order chi connectivity index (χ1) is 29.1. The number of anilines is 1. The van der Waals surface area contributed by atoms with Gasteiger partial charge in [0.15, 0.2) is 5.82 Å². The maximum absolute atomic E-state index is 17.9. The number of rotatable bonds is 8. The lowest BCUT2D eigenvalue weighted by Gasteiger charge is -2.47. The Morgan fingerprint density at radius 2 is 1.80 bits per heavy atom. The van der Waals surface area contributed by atoms with Crippen LogP contribution in [-0.4, -0.2) is 113 Å². The minimum Gasteiger partial charge on any atom is -0.472 e. The molecule has 322 valence electrons. The van der Waals surface area contributed by atoms with Gasteiger partial charge in [-0.3, -0.25) is 9.80 Å². The van der Waals surface area contributed by atoms with Crippen LogP contribution in [0.2, 0.25) is 16.6 Å². The molecule has 4 saturated heterocycles. The lowest BCUT2D eigenvalue weighted by atomic mass is 9.91. The molecule has 0 saturated carbocycles. The Morgan fingerprint density at radius 3 is 2.51 bits per heavy atom. The molecule has 5 unspecified atom stereocenters. The third-order valence-corrected chi connectivity index (χ3v) is 21.1. The van der Waals surface area contributed by atoms with Crippen LogP contribution in [0.4, 0.5) is 19.4 Å². The number of methoxy groups -OCH3 is 1. The van der Waals surface area contributed by atoms with Crippen LogP contribution in [0.5, 0.6) is 11.9 Å². The molecular weight excluding hydrogens is 795 g/mol. The summed E-state index contributed by atoms with van der Waals surface area (Å²) in [7, 11) is -0.586. The van der Waals surface area contributed by atoms with Crippen molar-refractivity contribution in [2.24, 2.45) is 0 Å². The first-order valence-corrected chi connectivity index (χ1v) is 24.0. The third-order valence-electron chi connectivity index (χ3n) is 14.8. The molecule has 2 aromatic heterocycles. The van der Waals surface area contributed by atoms with E-state index in [0.29, 0.717) is 64.6 Å². The zero-order chi connectivity index (χ0) is 43.3. The van der Waals surface area contributed by atoms with Crippen molar-refractivity contribution < 1.29 is 32.9 Å². The molecule has 7 heterocycles. The largest absolute Gasteiger partial charge is 0.472 e. The Labute approximate surface area is 357 Å². The second kappa shape index (κ2) is 15.2. The van der Waals surface area contributed by atoms with E-state index in [1.807, 2.05) is 13.0 Å². The van der Waals surface area contributed by atoms with Gasteiger partial charge in [-0.25, -0.2) is 18.6 Å². The minimum absolute atomic E-state index is 0.0210. The second-order valence-corrected chi connectivity index (χ2v) is 24.4. The highest BCUT2D eigenvalue weighted by molar-refractivity contribution is 6.90. The number of amides is 1. The molecule has 5 aliphatic rings. The number of carbonyl (C=O) groups is 1. The average molecular weight is 851 g/mol. The zero-order valence-corrected chi connectivity index (χ0v) is 37.4. The number of fused-ring (bicyclic) bond motifs is 7. The van der Waals surface area contributed by atoms with E-state index in [1.165, 1.54) is 6.07 Å². The molecule has 6 atom stereocenters. The normalized spacial score (nSPS) is 25.9. The van der Waals surface area contributed by atoms with E-state index in [2.05, 4.69) is 69.4 Å². The average Bonchev–Trinajstić information content (AvgIpc) is 3.81. The van der Waals surface area contributed by atoms with Gasteiger partial charge in [0.1, 0.15) is 49.0 Å². The molecule has 9 rings (SSSR count). The molecule has 1 amide bonds. The number of halogens is 2. The molecule has 14 heteroatoms. The predicted octanol–water partition coefficient (Wildman–Crippen LogP) is 8.97. The van der Waals surface area contributed by atoms with Gasteiger partial charge < -0.3 is 24.2 Å². The molecule has 0 aliphatic carbocycles. The molecule has 0 spiro atoms. The molecule has 2 aromatic carbocycles. The number of hydrogen-bond acceptors (Lipinski definition) is 9. The lowest BCUT2D eigenvalue weighted by Crippen LogP contribution is -2.64. The monoisotopic (exact) mass is 850 g/mol. The van der Waals surface area contributed by atoms with Crippen LogP contribution in [0.25, 0.3) is 32.9 Å². The van der Waals surface area contributed by atoms with E-state index in [0.717, 1.165) is 25.1 Å². The summed E-state index contributed by atoms with van der Waals surface area (Å²) in [6, 6.07) is 7.38. The van der Waals surface area contributed by atoms with Gasteiger partial charge in [0.2, 0.25) is 5.88 Å². The van der Waals surface area contributed by atoms with Crippen LogP contribution in [0.15, 0.2) is 42.5 Å². The number of piperazine rings is 1. The Hall–Kier alpha value is -4.84. The van der Waals surface area contributed by atoms with Crippen molar-refractivity contribution in [1.82, 2.24) is 24.8 Å².